The van der Waals surface area contributed by atoms with Crippen LogP contribution in [0.2, 0.25) is 0 Å². The zero-order valence-corrected chi connectivity index (χ0v) is 15.6. The highest BCUT2D eigenvalue weighted by Crippen LogP contribution is 2.23. The van der Waals surface area contributed by atoms with Crippen LogP contribution in [0.15, 0.2) is 0 Å². The molecule has 0 aromatic carbocycles. The van der Waals surface area contributed by atoms with Crippen molar-refractivity contribution < 1.29 is 29.2 Å². The molecule has 2 aliphatic heterocycles. The van der Waals surface area contributed by atoms with Crippen molar-refractivity contribution in [1.82, 2.24) is 0 Å². The predicted octanol–water partition coefficient (Wildman–Crippen LogP) is 2.31. The molecule has 0 amide bonds. The van der Waals surface area contributed by atoms with Crippen molar-refractivity contribution in [2.75, 3.05) is 26.4 Å². The molecule has 0 spiro atoms. The van der Waals surface area contributed by atoms with Gasteiger partial charge >= 0.3 is 0 Å². The SMILES string of the molecule is CCC(CC)C1OCC(CO)O1.CCC(CC)C1OCC(O)CO1. The monoisotopic (exact) mass is 348 g/mol. The van der Waals surface area contributed by atoms with Crippen molar-refractivity contribution in [3.63, 3.8) is 0 Å². The Morgan fingerprint density at radius 3 is 1.67 bits per heavy atom. The summed E-state index contributed by atoms with van der Waals surface area (Å²) in [6, 6.07) is 0. The Kier molecular flexibility index (Phi) is 11.1. The lowest BCUT2D eigenvalue weighted by atomic mass is 10.0. The molecule has 0 saturated carbocycles. The van der Waals surface area contributed by atoms with Gasteiger partial charge in [0.15, 0.2) is 12.6 Å². The van der Waals surface area contributed by atoms with Gasteiger partial charge in [-0.1, -0.05) is 27.7 Å². The van der Waals surface area contributed by atoms with Crippen LogP contribution >= 0.6 is 0 Å². The molecule has 0 radical (unpaired) electrons. The van der Waals surface area contributed by atoms with E-state index in [4.69, 9.17) is 29.2 Å². The lowest BCUT2D eigenvalue weighted by Crippen LogP contribution is -2.39. The smallest absolute Gasteiger partial charge is 0.161 e. The van der Waals surface area contributed by atoms with Gasteiger partial charge in [-0.25, -0.2) is 0 Å². The van der Waals surface area contributed by atoms with Crippen LogP contribution in [0.25, 0.3) is 0 Å². The molecule has 2 atom stereocenters. The minimum absolute atomic E-state index is 0.0661. The predicted molar refractivity (Wildman–Crippen MR) is 91.5 cm³/mol. The van der Waals surface area contributed by atoms with Gasteiger partial charge in [0, 0.05) is 11.8 Å². The summed E-state index contributed by atoms with van der Waals surface area (Å²) in [4.78, 5) is 0. The highest BCUT2D eigenvalue weighted by molar-refractivity contribution is 4.69. The Morgan fingerprint density at radius 2 is 1.25 bits per heavy atom. The van der Waals surface area contributed by atoms with E-state index in [1.165, 1.54) is 0 Å². The van der Waals surface area contributed by atoms with E-state index in [1.807, 2.05) is 0 Å². The van der Waals surface area contributed by atoms with E-state index < -0.39 is 6.10 Å². The van der Waals surface area contributed by atoms with E-state index >= 15 is 0 Å². The molecular formula is C18H36O6. The molecule has 6 heteroatoms. The molecule has 0 aliphatic carbocycles. The fourth-order valence-corrected chi connectivity index (χ4v) is 2.94. The Balaban J connectivity index is 0.000000240. The van der Waals surface area contributed by atoms with Crippen LogP contribution in [0.5, 0.6) is 0 Å². The van der Waals surface area contributed by atoms with Crippen LogP contribution in [0.4, 0.5) is 0 Å². The standard InChI is InChI=1S/2C9H18O3/c1-3-7(4-2)9-11-5-8(10)6-12-9;1-3-7(4-2)9-11-6-8(5-10)12-9/h2*7-10H,3-6H2,1-2H3. The van der Waals surface area contributed by atoms with Gasteiger partial charge in [-0.3, -0.25) is 0 Å². The summed E-state index contributed by atoms with van der Waals surface area (Å²) in [5.74, 6) is 0.944. The van der Waals surface area contributed by atoms with E-state index in [1.54, 1.807) is 0 Å². The fraction of sp³-hybridized carbons (Fsp3) is 1.00. The maximum Gasteiger partial charge on any atom is 0.161 e. The molecule has 2 saturated heterocycles. The number of aliphatic hydroxyl groups is 2. The van der Waals surface area contributed by atoms with E-state index in [0.29, 0.717) is 31.7 Å². The molecule has 6 nitrogen and oxygen atoms in total. The number of aliphatic hydroxyl groups excluding tert-OH is 2. The molecule has 2 aliphatic rings. The van der Waals surface area contributed by atoms with Gasteiger partial charge in [0.1, 0.15) is 12.2 Å². The lowest BCUT2D eigenvalue weighted by molar-refractivity contribution is -0.238. The topological polar surface area (TPSA) is 77.4 Å². The maximum absolute atomic E-state index is 9.10. The largest absolute Gasteiger partial charge is 0.394 e. The van der Waals surface area contributed by atoms with Crippen LogP contribution in [-0.2, 0) is 18.9 Å². The van der Waals surface area contributed by atoms with E-state index in [0.717, 1.165) is 25.7 Å². The summed E-state index contributed by atoms with van der Waals surface area (Å²) < 4.78 is 21.6. The Labute approximate surface area is 146 Å². The second-order valence-corrected chi connectivity index (χ2v) is 6.48. The first kappa shape index (κ1) is 21.8. The lowest BCUT2D eigenvalue weighted by Gasteiger charge is -2.31. The minimum atomic E-state index is -0.435. The number of hydrogen-bond donors (Lipinski definition) is 2. The van der Waals surface area contributed by atoms with Gasteiger partial charge in [0.05, 0.1) is 26.4 Å². The first-order valence-corrected chi connectivity index (χ1v) is 9.38. The van der Waals surface area contributed by atoms with Gasteiger partial charge < -0.3 is 29.2 Å². The molecule has 2 rings (SSSR count). The van der Waals surface area contributed by atoms with Crippen LogP contribution in [0.1, 0.15) is 53.4 Å². The zero-order valence-electron chi connectivity index (χ0n) is 15.6. The maximum atomic E-state index is 9.10. The molecule has 0 aromatic heterocycles. The van der Waals surface area contributed by atoms with Crippen molar-refractivity contribution in [3.8, 4) is 0 Å². The average molecular weight is 348 g/mol. The molecule has 0 aromatic rings. The second kappa shape index (κ2) is 12.2. The Hall–Kier alpha value is -0.240. The van der Waals surface area contributed by atoms with Crippen molar-refractivity contribution in [1.29, 1.82) is 0 Å². The van der Waals surface area contributed by atoms with Crippen LogP contribution in [0, 0.1) is 11.8 Å². The highest BCUT2D eigenvalue weighted by atomic mass is 16.7. The summed E-state index contributed by atoms with van der Waals surface area (Å²) in [5.41, 5.74) is 0. The molecule has 2 heterocycles. The third kappa shape index (κ3) is 6.94. The van der Waals surface area contributed by atoms with E-state index in [9.17, 15) is 0 Å². The third-order valence-electron chi connectivity index (χ3n) is 4.75. The van der Waals surface area contributed by atoms with Crippen molar-refractivity contribution in [2.24, 2.45) is 11.8 Å². The molecule has 2 N–H and O–H groups in total. The zero-order chi connectivity index (χ0) is 17.9. The molecule has 24 heavy (non-hydrogen) atoms. The number of ether oxygens (including phenoxy) is 4. The minimum Gasteiger partial charge on any atom is -0.394 e. The summed E-state index contributed by atoms with van der Waals surface area (Å²) in [6.45, 7) is 9.97. The fourth-order valence-electron chi connectivity index (χ4n) is 2.94. The van der Waals surface area contributed by atoms with Gasteiger partial charge in [0.25, 0.3) is 0 Å². The summed E-state index contributed by atoms with van der Waals surface area (Å²) >= 11 is 0. The van der Waals surface area contributed by atoms with Crippen LogP contribution < -0.4 is 0 Å². The van der Waals surface area contributed by atoms with Crippen LogP contribution in [0.3, 0.4) is 0 Å². The van der Waals surface area contributed by atoms with Crippen LogP contribution in [-0.4, -0.2) is 61.4 Å². The van der Waals surface area contributed by atoms with Gasteiger partial charge in [-0.15, -0.1) is 0 Å². The normalized spacial score (nSPS) is 30.5. The van der Waals surface area contributed by atoms with Crippen molar-refractivity contribution >= 4 is 0 Å². The molecule has 2 unspecified atom stereocenters. The second-order valence-electron chi connectivity index (χ2n) is 6.48. The van der Waals surface area contributed by atoms with Gasteiger partial charge in [-0.05, 0) is 25.7 Å². The molecule has 0 bridgehead atoms. The number of hydrogen-bond acceptors (Lipinski definition) is 6. The molecule has 144 valence electrons. The Morgan fingerprint density at radius 1 is 0.792 bits per heavy atom. The summed E-state index contributed by atoms with van der Waals surface area (Å²) in [7, 11) is 0. The molecular weight excluding hydrogens is 312 g/mol. The highest BCUT2D eigenvalue weighted by Gasteiger charge is 2.30. The van der Waals surface area contributed by atoms with E-state index in [-0.39, 0.29) is 25.3 Å². The Bertz CT molecular complexity index is 288. The average Bonchev–Trinajstić information content (AvgIpc) is 3.08. The molecule has 2 fully saturated rings. The number of rotatable bonds is 7. The van der Waals surface area contributed by atoms with Gasteiger partial charge in [-0.2, -0.15) is 0 Å². The van der Waals surface area contributed by atoms with E-state index in [2.05, 4.69) is 27.7 Å². The quantitative estimate of drug-likeness (QED) is 0.735. The third-order valence-corrected chi connectivity index (χ3v) is 4.75. The summed E-state index contributed by atoms with van der Waals surface area (Å²) in [5, 5.41) is 17.9. The van der Waals surface area contributed by atoms with Crippen molar-refractivity contribution in [3.05, 3.63) is 0 Å². The van der Waals surface area contributed by atoms with Gasteiger partial charge in [0.2, 0.25) is 0 Å². The van der Waals surface area contributed by atoms with Crippen molar-refractivity contribution in [2.45, 2.75) is 78.2 Å². The first-order chi connectivity index (χ1) is 11.6. The first-order valence-electron chi connectivity index (χ1n) is 9.38. The summed E-state index contributed by atoms with van der Waals surface area (Å²) in [6.07, 6.45) is 3.56.